The monoisotopic (exact) mass is 233 g/mol. The van der Waals surface area contributed by atoms with E-state index in [0.29, 0.717) is 0 Å². The zero-order valence-electron chi connectivity index (χ0n) is 9.21. The Kier molecular flexibility index (Phi) is 2.82. The summed E-state index contributed by atoms with van der Waals surface area (Å²) in [5, 5.41) is 8.90. The van der Waals surface area contributed by atoms with Crippen LogP contribution in [0.4, 0.5) is 0 Å². The molecule has 0 aliphatic rings. The van der Waals surface area contributed by atoms with E-state index in [0.717, 1.165) is 5.56 Å². The number of furan rings is 1. The second-order valence-electron chi connectivity index (χ2n) is 3.73. The van der Waals surface area contributed by atoms with Crippen LogP contribution in [0, 0.1) is 6.92 Å². The summed E-state index contributed by atoms with van der Waals surface area (Å²) < 4.78 is 6.48. The molecule has 0 unspecified atom stereocenters. The lowest BCUT2D eigenvalue weighted by atomic mass is 10.2. The van der Waals surface area contributed by atoms with Crippen molar-refractivity contribution in [1.29, 1.82) is 0 Å². The number of nitrogens with zero attached hydrogens (tertiary/aromatic N) is 1. The van der Waals surface area contributed by atoms with E-state index >= 15 is 0 Å². The molecule has 0 aromatic carbocycles. The highest BCUT2D eigenvalue weighted by atomic mass is 16.4. The van der Waals surface area contributed by atoms with Crippen molar-refractivity contribution < 1.29 is 14.3 Å². The van der Waals surface area contributed by atoms with Gasteiger partial charge in [0.1, 0.15) is 11.3 Å². The van der Waals surface area contributed by atoms with Crippen LogP contribution in [0.25, 0.3) is 0 Å². The van der Waals surface area contributed by atoms with E-state index < -0.39 is 5.97 Å². The number of aromatic carboxylic acids is 1. The maximum Gasteiger partial charge on any atom is 0.339 e. The van der Waals surface area contributed by atoms with Gasteiger partial charge in [0.15, 0.2) is 0 Å². The highest BCUT2D eigenvalue weighted by Gasteiger charge is 2.13. The number of aromatic nitrogens is 1. The Morgan fingerprint density at radius 1 is 1.47 bits per heavy atom. The molecule has 1 N–H and O–H groups in total. The third-order valence-electron chi connectivity index (χ3n) is 2.44. The lowest BCUT2D eigenvalue weighted by Crippen LogP contribution is -2.19. The summed E-state index contributed by atoms with van der Waals surface area (Å²) in [6.07, 6.45) is 2.92. The summed E-state index contributed by atoms with van der Waals surface area (Å²) in [5.41, 5.74) is 0.763. The normalized spacial score (nSPS) is 10.4. The Labute approximate surface area is 96.9 Å². The van der Waals surface area contributed by atoms with Crippen molar-refractivity contribution in [3.8, 4) is 0 Å². The van der Waals surface area contributed by atoms with Crippen molar-refractivity contribution in [1.82, 2.24) is 4.57 Å². The molecule has 88 valence electrons. The SMILES string of the molecule is Cc1ccn(Cc2occc2C(=O)O)c(=O)c1. The first-order valence-electron chi connectivity index (χ1n) is 5.04. The fraction of sp³-hybridized carbons (Fsp3) is 0.167. The highest BCUT2D eigenvalue weighted by Crippen LogP contribution is 2.11. The van der Waals surface area contributed by atoms with Gasteiger partial charge in [-0.3, -0.25) is 4.79 Å². The third-order valence-corrected chi connectivity index (χ3v) is 2.44. The van der Waals surface area contributed by atoms with Crippen LogP contribution < -0.4 is 5.56 Å². The topological polar surface area (TPSA) is 72.4 Å². The zero-order chi connectivity index (χ0) is 12.4. The van der Waals surface area contributed by atoms with Gasteiger partial charge >= 0.3 is 5.97 Å². The Bertz CT molecular complexity index is 609. The van der Waals surface area contributed by atoms with E-state index in [2.05, 4.69) is 0 Å². The molecule has 0 radical (unpaired) electrons. The molecular weight excluding hydrogens is 222 g/mol. The van der Waals surface area contributed by atoms with Gasteiger partial charge in [-0.05, 0) is 24.6 Å². The number of aryl methyl sites for hydroxylation is 1. The van der Waals surface area contributed by atoms with Crippen molar-refractivity contribution >= 4 is 5.97 Å². The lowest BCUT2D eigenvalue weighted by molar-refractivity contribution is 0.0694. The van der Waals surface area contributed by atoms with E-state index in [4.69, 9.17) is 9.52 Å². The molecule has 2 aromatic heterocycles. The van der Waals surface area contributed by atoms with Crippen LogP contribution in [0.15, 0.2) is 39.9 Å². The molecule has 0 spiro atoms. The highest BCUT2D eigenvalue weighted by molar-refractivity contribution is 5.88. The molecule has 0 aliphatic heterocycles. The smallest absolute Gasteiger partial charge is 0.339 e. The largest absolute Gasteiger partial charge is 0.478 e. The Hall–Kier alpha value is -2.30. The predicted molar refractivity (Wildman–Crippen MR) is 60.2 cm³/mol. The van der Waals surface area contributed by atoms with Crippen LogP contribution in [0.3, 0.4) is 0 Å². The van der Waals surface area contributed by atoms with Crippen molar-refractivity contribution in [2.45, 2.75) is 13.5 Å². The summed E-state index contributed by atoms with van der Waals surface area (Å²) in [4.78, 5) is 22.5. The second-order valence-corrected chi connectivity index (χ2v) is 3.73. The zero-order valence-corrected chi connectivity index (χ0v) is 9.21. The number of pyridine rings is 1. The molecule has 0 bridgehead atoms. The van der Waals surface area contributed by atoms with E-state index in [1.165, 1.54) is 23.0 Å². The summed E-state index contributed by atoms with van der Waals surface area (Å²) >= 11 is 0. The average Bonchev–Trinajstić information content (AvgIpc) is 2.70. The molecule has 0 amide bonds. The Morgan fingerprint density at radius 3 is 2.88 bits per heavy atom. The summed E-state index contributed by atoms with van der Waals surface area (Å²) in [6.45, 7) is 1.94. The molecule has 0 fully saturated rings. The Balaban J connectivity index is 2.35. The van der Waals surface area contributed by atoms with E-state index in [9.17, 15) is 9.59 Å². The van der Waals surface area contributed by atoms with E-state index in [1.54, 1.807) is 12.3 Å². The van der Waals surface area contributed by atoms with Crippen molar-refractivity contribution in [2.75, 3.05) is 0 Å². The number of carbonyl (C=O) groups is 1. The molecule has 0 atom stereocenters. The van der Waals surface area contributed by atoms with Gasteiger partial charge in [0, 0.05) is 12.3 Å². The van der Waals surface area contributed by atoms with Gasteiger partial charge in [-0.25, -0.2) is 4.79 Å². The molecular formula is C12H11NO4. The van der Waals surface area contributed by atoms with Crippen LogP contribution in [0.1, 0.15) is 21.7 Å². The fourth-order valence-electron chi connectivity index (χ4n) is 1.55. The van der Waals surface area contributed by atoms with Gasteiger partial charge in [-0.1, -0.05) is 0 Å². The first-order chi connectivity index (χ1) is 8.08. The molecule has 5 heteroatoms. The minimum atomic E-state index is -1.06. The molecule has 17 heavy (non-hydrogen) atoms. The van der Waals surface area contributed by atoms with Crippen molar-refractivity contribution in [3.63, 3.8) is 0 Å². The Morgan fingerprint density at radius 2 is 2.24 bits per heavy atom. The van der Waals surface area contributed by atoms with Gasteiger partial charge in [0.25, 0.3) is 5.56 Å². The maximum absolute atomic E-state index is 11.6. The summed E-state index contributed by atoms with van der Waals surface area (Å²) in [6, 6.07) is 4.64. The van der Waals surface area contributed by atoms with Gasteiger partial charge in [-0.2, -0.15) is 0 Å². The van der Waals surface area contributed by atoms with E-state index in [1.807, 2.05) is 6.92 Å². The van der Waals surface area contributed by atoms with Crippen molar-refractivity contribution in [2.24, 2.45) is 0 Å². The third kappa shape index (κ3) is 2.28. The van der Waals surface area contributed by atoms with Gasteiger partial charge in [0.05, 0.1) is 12.8 Å². The molecule has 0 aliphatic carbocycles. The fourth-order valence-corrected chi connectivity index (χ4v) is 1.55. The molecule has 2 aromatic rings. The second kappa shape index (κ2) is 4.29. The summed E-state index contributed by atoms with van der Waals surface area (Å²) in [7, 11) is 0. The van der Waals surface area contributed by atoms with Crippen LogP contribution in [-0.4, -0.2) is 15.6 Å². The van der Waals surface area contributed by atoms with Gasteiger partial charge in [-0.15, -0.1) is 0 Å². The number of hydrogen-bond donors (Lipinski definition) is 1. The van der Waals surface area contributed by atoms with Gasteiger partial charge < -0.3 is 14.1 Å². The maximum atomic E-state index is 11.6. The molecule has 2 rings (SSSR count). The number of rotatable bonds is 3. The van der Waals surface area contributed by atoms with Crippen LogP contribution in [0.2, 0.25) is 0 Å². The predicted octanol–water partition coefficient (Wildman–Crippen LogP) is 1.50. The molecule has 0 saturated heterocycles. The number of hydrogen-bond acceptors (Lipinski definition) is 3. The quantitative estimate of drug-likeness (QED) is 0.871. The first-order valence-corrected chi connectivity index (χ1v) is 5.04. The average molecular weight is 233 g/mol. The molecule has 0 saturated carbocycles. The number of carboxylic acid groups (broad SMARTS) is 1. The minimum absolute atomic E-state index is 0.0810. The summed E-state index contributed by atoms with van der Waals surface area (Å²) in [5.74, 6) is -0.794. The van der Waals surface area contributed by atoms with E-state index in [-0.39, 0.29) is 23.4 Å². The minimum Gasteiger partial charge on any atom is -0.478 e. The van der Waals surface area contributed by atoms with Crippen LogP contribution in [-0.2, 0) is 6.54 Å². The lowest BCUT2D eigenvalue weighted by Gasteiger charge is -2.04. The number of carboxylic acids is 1. The van der Waals surface area contributed by atoms with Crippen LogP contribution in [0.5, 0.6) is 0 Å². The first kappa shape index (κ1) is 11.2. The molecule has 5 nitrogen and oxygen atoms in total. The molecule has 2 heterocycles. The van der Waals surface area contributed by atoms with Crippen LogP contribution >= 0.6 is 0 Å². The van der Waals surface area contributed by atoms with Crippen molar-refractivity contribution in [3.05, 3.63) is 57.9 Å². The van der Waals surface area contributed by atoms with Gasteiger partial charge in [0.2, 0.25) is 0 Å². The standard InChI is InChI=1S/C12H11NO4/c1-8-2-4-13(11(14)6-8)7-10-9(12(15)16)3-5-17-10/h2-6H,7H2,1H3,(H,15,16).